The summed E-state index contributed by atoms with van der Waals surface area (Å²) in [6.07, 6.45) is 1.39. The Labute approximate surface area is 149 Å². The summed E-state index contributed by atoms with van der Waals surface area (Å²) in [5.74, 6) is 0.0185. The minimum Gasteiger partial charge on any atom is -0.445 e. The Bertz CT molecular complexity index is 577. The highest BCUT2D eigenvalue weighted by atomic mass is 16.6. The number of carbonyl (C=O) groups excluding carboxylic acids is 2. The first-order valence-corrected chi connectivity index (χ1v) is 8.88. The van der Waals surface area contributed by atoms with Gasteiger partial charge in [-0.1, -0.05) is 44.2 Å². The van der Waals surface area contributed by atoms with Crippen molar-refractivity contribution in [2.45, 2.75) is 45.4 Å². The molecule has 2 amide bonds. The quantitative estimate of drug-likeness (QED) is 0.886. The number of hydrogen-bond acceptors (Lipinski definition) is 4. The van der Waals surface area contributed by atoms with Crippen molar-refractivity contribution in [3.05, 3.63) is 35.9 Å². The molecule has 2 rings (SSSR count). The first-order valence-electron chi connectivity index (χ1n) is 8.88. The monoisotopic (exact) mass is 347 g/mol. The SMILES string of the molecule is CC(C)[C@H](N)C(=O)N(C)C1CCCN(C(=O)OCc2ccccc2)C1. The highest BCUT2D eigenvalue weighted by Gasteiger charge is 2.31. The number of hydrogen-bond donors (Lipinski definition) is 1. The Morgan fingerprint density at radius 3 is 2.64 bits per heavy atom. The Kier molecular flexibility index (Phi) is 6.82. The zero-order valence-electron chi connectivity index (χ0n) is 15.4. The first kappa shape index (κ1) is 19.2. The summed E-state index contributed by atoms with van der Waals surface area (Å²) in [5.41, 5.74) is 6.94. The number of amides is 2. The van der Waals surface area contributed by atoms with E-state index in [1.54, 1.807) is 16.8 Å². The molecule has 0 spiro atoms. The minimum absolute atomic E-state index is 0.0182. The summed E-state index contributed by atoms with van der Waals surface area (Å²) in [6, 6.07) is 9.07. The molecule has 1 heterocycles. The van der Waals surface area contributed by atoms with E-state index in [0.29, 0.717) is 13.1 Å². The predicted octanol–water partition coefficient (Wildman–Crippen LogP) is 2.23. The molecule has 6 nitrogen and oxygen atoms in total. The first-order chi connectivity index (χ1) is 11.9. The van der Waals surface area contributed by atoms with E-state index in [0.717, 1.165) is 18.4 Å². The summed E-state index contributed by atoms with van der Waals surface area (Å²) < 4.78 is 5.40. The molecule has 1 aliphatic heterocycles. The second kappa shape index (κ2) is 8.85. The van der Waals surface area contributed by atoms with Gasteiger partial charge >= 0.3 is 6.09 Å². The van der Waals surface area contributed by atoms with Crippen LogP contribution in [0, 0.1) is 5.92 Å². The predicted molar refractivity (Wildman–Crippen MR) is 96.8 cm³/mol. The van der Waals surface area contributed by atoms with Crippen LogP contribution < -0.4 is 5.73 Å². The van der Waals surface area contributed by atoms with Crippen LogP contribution in [0.25, 0.3) is 0 Å². The lowest BCUT2D eigenvalue weighted by molar-refractivity contribution is -0.135. The fourth-order valence-electron chi connectivity index (χ4n) is 2.95. The number of ether oxygens (including phenoxy) is 1. The zero-order valence-corrected chi connectivity index (χ0v) is 15.4. The van der Waals surface area contributed by atoms with E-state index in [4.69, 9.17) is 10.5 Å². The van der Waals surface area contributed by atoms with Gasteiger partial charge < -0.3 is 20.3 Å². The summed E-state index contributed by atoms with van der Waals surface area (Å²) in [7, 11) is 1.77. The molecule has 1 aromatic rings. The molecule has 1 unspecified atom stereocenters. The van der Waals surface area contributed by atoms with Crippen LogP contribution in [0.15, 0.2) is 30.3 Å². The minimum atomic E-state index is -0.509. The molecule has 0 saturated carbocycles. The smallest absolute Gasteiger partial charge is 0.410 e. The van der Waals surface area contributed by atoms with Gasteiger partial charge in [0.15, 0.2) is 0 Å². The fraction of sp³-hybridized carbons (Fsp3) is 0.579. The third-order valence-corrected chi connectivity index (χ3v) is 4.76. The third kappa shape index (κ3) is 5.19. The van der Waals surface area contributed by atoms with Crippen molar-refractivity contribution in [2.24, 2.45) is 11.7 Å². The van der Waals surface area contributed by atoms with Crippen molar-refractivity contribution >= 4 is 12.0 Å². The molecule has 0 aliphatic carbocycles. The van der Waals surface area contributed by atoms with Gasteiger partial charge in [0.25, 0.3) is 0 Å². The van der Waals surface area contributed by atoms with Gasteiger partial charge in [0.2, 0.25) is 5.91 Å². The van der Waals surface area contributed by atoms with Gasteiger partial charge in [0, 0.05) is 26.2 Å². The largest absolute Gasteiger partial charge is 0.445 e. The molecule has 25 heavy (non-hydrogen) atoms. The van der Waals surface area contributed by atoms with Crippen LogP contribution in [-0.2, 0) is 16.1 Å². The average molecular weight is 347 g/mol. The molecule has 0 radical (unpaired) electrons. The number of carbonyl (C=O) groups is 2. The van der Waals surface area contributed by atoms with Crippen molar-refractivity contribution in [1.82, 2.24) is 9.80 Å². The summed E-state index contributed by atoms with van der Waals surface area (Å²) in [4.78, 5) is 28.1. The maximum absolute atomic E-state index is 12.4. The molecular weight excluding hydrogens is 318 g/mol. The number of rotatable bonds is 5. The lowest BCUT2D eigenvalue weighted by Gasteiger charge is -2.38. The van der Waals surface area contributed by atoms with Gasteiger partial charge in [-0.05, 0) is 24.3 Å². The van der Waals surface area contributed by atoms with E-state index in [1.165, 1.54) is 0 Å². The summed E-state index contributed by atoms with van der Waals surface area (Å²) >= 11 is 0. The molecule has 1 fully saturated rings. The van der Waals surface area contributed by atoms with Crippen molar-refractivity contribution < 1.29 is 14.3 Å². The van der Waals surface area contributed by atoms with Gasteiger partial charge in [0.1, 0.15) is 6.61 Å². The van der Waals surface area contributed by atoms with Crippen molar-refractivity contribution in [2.75, 3.05) is 20.1 Å². The highest BCUT2D eigenvalue weighted by molar-refractivity contribution is 5.82. The van der Waals surface area contributed by atoms with Crippen molar-refractivity contribution in [1.29, 1.82) is 0 Å². The maximum Gasteiger partial charge on any atom is 0.410 e. The van der Waals surface area contributed by atoms with Gasteiger partial charge in [0.05, 0.1) is 6.04 Å². The molecule has 2 atom stereocenters. The number of benzene rings is 1. The Hall–Kier alpha value is -2.08. The van der Waals surface area contributed by atoms with Crippen LogP contribution in [-0.4, -0.2) is 54.0 Å². The number of piperidine rings is 1. The fourth-order valence-corrected chi connectivity index (χ4v) is 2.95. The summed E-state index contributed by atoms with van der Waals surface area (Å²) in [6.45, 7) is 5.27. The zero-order chi connectivity index (χ0) is 18.4. The summed E-state index contributed by atoms with van der Waals surface area (Å²) in [5, 5.41) is 0. The van der Waals surface area contributed by atoms with E-state index >= 15 is 0 Å². The second-order valence-electron chi connectivity index (χ2n) is 7.00. The number of nitrogens with zero attached hydrogens (tertiary/aromatic N) is 2. The van der Waals surface area contributed by atoms with Gasteiger partial charge in [-0.25, -0.2) is 4.79 Å². The van der Waals surface area contributed by atoms with Crippen molar-refractivity contribution in [3.8, 4) is 0 Å². The molecular formula is C19H29N3O3. The number of likely N-dealkylation sites (tertiary alicyclic amines) is 1. The van der Waals surface area contributed by atoms with Crippen LogP contribution in [0.1, 0.15) is 32.3 Å². The normalized spacial score (nSPS) is 18.8. The van der Waals surface area contributed by atoms with E-state index in [2.05, 4.69) is 0 Å². The third-order valence-electron chi connectivity index (χ3n) is 4.76. The topological polar surface area (TPSA) is 75.9 Å². The molecule has 1 saturated heterocycles. The lowest BCUT2D eigenvalue weighted by Crippen LogP contribution is -2.54. The molecule has 6 heteroatoms. The standard InChI is InChI=1S/C19H29N3O3/c1-14(2)17(20)18(23)21(3)16-10-7-11-22(12-16)19(24)25-13-15-8-5-4-6-9-15/h4-6,8-9,14,16-17H,7,10-13,20H2,1-3H3/t16?,17-/m0/s1. The molecule has 138 valence electrons. The van der Waals surface area contributed by atoms with Crippen LogP contribution in [0.4, 0.5) is 4.79 Å². The van der Waals surface area contributed by atoms with E-state index < -0.39 is 6.04 Å². The van der Waals surface area contributed by atoms with Crippen LogP contribution in [0.5, 0.6) is 0 Å². The molecule has 1 aromatic carbocycles. The highest BCUT2D eigenvalue weighted by Crippen LogP contribution is 2.18. The van der Waals surface area contributed by atoms with Crippen LogP contribution in [0.2, 0.25) is 0 Å². The van der Waals surface area contributed by atoms with Gasteiger partial charge in [-0.3, -0.25) is 4.79 Å². The van der Waals surface area contributed by atoms with E-state index in [9.17, 15) is 9.59 Å². The number of likely N-dealkylation sites (N-methyl/N-ethyl adjacent to an activating group) is 1. The molecule has 2 N–H and O–H groups in total. The Morgan fingerprint density at radius 1 is 1.32 bits per heavy atom. The Balaban J connectivity index is 1.89. The van der Waals surface area contributed by atoms with Crippen LogP contribution >= 0.6 is 0 Å². The molecule has 0 aromatic heterocycles. The van der Waals surface area contributed by atoms with Crippen LogP contribution in [0.3, 0.4) is 0 Å². The second-order valence-corrected chi connectivity index (χ2v) is 7.00. The molecule has 1 aliphatic rings. The average Bonchev–Trinajstić information content (AvgIpc) is 2.65. The maximum atomic E-state index is 12.4. The lowest BCUT2D eigenvalue weighted by atomic mass is 10.0. The Morgan fingerprint density at radius 2 is 2.00 bits per heavy atom. The van der Waals surface area contributed by atoms with E-state index in [1.807, 2.05) is 44.2 Å². The van der Waals surface area contributed by atoms with Gasteiger partial charge in [-0.15, -0.1) is 0 Å². The molecule has 0 bridgehead atoms. The van der Waals surface area contributed by atoms with E-state index in [-0.39, 0.29) is 30.6 Å². The number of nitrogens with two attached hydrogens (primary N) is 1. The van der Waals surface area contributed by atoms with Gasteiger partial charge in [-0.2, -0.15) is 0 Å². The van der Waals surface area contributed by atoms with Crippen molar-refractivity contribution in [3.63, 3.8) is 0 Å².